The third kappa shape index (κ3) is 5.65. The number of ether oxygens (including phenoxy) is 2. The highest BCUT2D eigenvalue weighted by atomic mass is 127. The number of nitrogens with one attached hydrogen (secondary N) is 1. The number of carbonyl (C=O) groups is 1. The van der Waals surface area contributed by atoms with Crippen molar-refractivity contribution in [1.82, 2.24) is 10.2 Å². The van der Waals surface area contributed by atoms with Gasteiger partial charge < -0.3 is 25.4 Å². The molecule has 140 valence electrons. The average Bonchev–Trinajstić information content (AvgIpc) is 2.62. The maximum Gasteiger partial charge on any atom is 0.222 e. The third-order valence-electron chi connectivity index (χ3n) is 4.19. The van der Waals surface area contributed by atoms with Gasteiger partial charge in [0.25, 0.3) is 0 Å². The Kier molecular flexibility index (Phi) is 8.81. The summed E-state index contributed by atoms with van der Waals surface area (Å²) in [4.78, 5) is 18.1. The number of hydrogen-bond donors (Lipinski definition) is 2. The lowest BCUT2D eigenvalue weighted by molar-refractivity contribution is -0.132. The van der Waals surface area contributed by atoms with Gasteiger partial charge in [-0.2, -0.15) is 0 Å². The van der Waals surface area contributed by atoms with Crippen LogP contribution in [0.4, 0.5) is 0 Å². The lowest BCUT2D eigenvalue weighted by Gasteiger charge is -2.29. The standard InChI is InChI=1S/C17H26N4O3.HI/c1-19-17(18)20-7-4-5-16(22)21-8-6-12-9-14(23-2)15(24-3)10-13(12)11-21;/h9-10H,4-8,11H2,1-3H3,(H3,18,19,20);1H. The number of fused-ring (bicyclic) bond motifs is 1. The highest BCUT2D eigenvalue weighted by Gasteiger charge is 2.22. The molecule has 7 nitrogen and oxygen atoms in total. The second-order valence-electron chi connectivity index (χ2n) is 5.68. The Morgan fingerprint density at radius 3 is 2.52 bits per heavy atom. The highest BCUT2D eigenvalue weighted by molar-refractivity contribution is 14.0. The van der Waals surface area contributed by atoms with Crippen LogP contribution in [0.3, 0.4) is 0 Å². The van der Waals surface area contributed by atoms with Crippen molar-refractivity contribution in [2.75, 3.05) is 34.4 Å². The molecule has 1 aliphatic rings. The molecule has 1 amide bonds. The van der Waals surface area contributed by atoms with E-state index in [1.165, 1.54) is 5.56 Å². The second-order valence-corrected chi connectivity index (χ2v) is 5.68. The molecule has 0 radical (unpaired) electrons. The maximum absolute atomic E-state index is 12.4. The van der Waals surface area contributed by atoms with Crippen molar-refractivity contribution in [3.05, 3.63) is 23.3 Å². The molecule has 8 heteroatoms. The molecule has 25 heavy (non-hydrogen) atoms. The SMILES string of the molecule is CN=C(N)NCCCC(=O)N1CCc2cc(OC)c(OC)cc2C1.I. The first-order valence-corrected chi connectivity index (χ1v) is 8.06. The summed E-state index contributed by atoms with van der Waals surface area (Å²) >= 11 is 0. The number of nitrogens with two attached hydrogens (primary N) is 1. The molecular formula is C17H27IN4O3. The van der Waals surface area contributed by atoms with E-state index in [1.54, 1.807) is 21.3 Å². The van der Waals surface area contributed by atoms with Gasteiger partial charge in [0.2, 0.25) is 5.91 Å². The van der Waals surface area contributed by atoms with Crippen LogP contribution in [-0.4, -0.2) is 51.1 Å². The molecule has 1 aromatic rings. The summed E-state index contributed by atoms with van der Waals surface area (Å²) in [5, 5.41) is 2.96. The largest absolute Gasteiger partial charge is 0.493 e. The topological polar surface area (TPSA) is 89.2 Å². The van der Waals surface area contributed by atoms with Crippen molar-refractivity contribution in [1.29, 1.82) is 0 Å². The number of nitrogens with zero attached hydrogens (tertiary/aromatic N) is 2. The number of amides is 1. The average molecular weight is 462 g/mol. The van der Waals surface area contributed by atoms with Gasteiger partial charge in [-0.15, -0.1) is 24.0 Å². The Labute approximate surface area is 166 Å². The Hall–Kier alpha value is -1.71. The minimum absolute atomic E-state index is 0. The van der Waals surface area contributed by atoms with Crippen LogP contribution in [0.15, 0.2) is 17.1 Å². The normalized spacial score (nSPS) is 13.6. The van der Waals surface area contributed by atoms with Crippen molar-refractivity contribution >= 4 is 35.8 Å². The number of benzene rings is 1. The molecule has 3 N–H and O–H groups in total. The van der Waals surface area contributed by atoms with Gasteiger partial charge in [-0.3, -0.25) is 9.79 Å². The first kappa shape index (κ1) is 21.3. The van der Waals surface area contributed by atoms with E-state index in [-0.39, 0.29) is 29.9 Å². The number of aliphatic imine (C=N–C) groups is 1. The zero-order valence-electron chi connectivity index (χ0n) is 15.0. The summed E-state index contributed by atoms with van der Waals surface area (Å²) in [5.74, 6) is 1.99. The molecule has 0 saturated carbocycles. The predicted molar refractivity (Wildman–Crippen MR) is 109 cm³/mol. The highest BCUT2D eigenvalue weighted by Crippen LogP contribution is 2.33. The quantitative estimate of drug-likeness (QED) is 0.290. The summed E-state index contributed by atoms with van der Waals surface area (Å²) < 4.78 is 10.7. The zero-order valence-corrected chi connectivity index (χ0v) is 17.3. The van der Waals surface area contributed by atoms with Gasteiger partial charge in [-0.1, -0.05) is 0 Å². The van der Waals surface area contributed by atoms with Crippen LogP contribution in [-0.2, 0) is 17.8 Å². The molecule has 0 fully saturated rings. The first-order valence-electron chi connectivity index (χ1n) is 8.06. The number of methoxy groups -OCH3 is 2. The number of carbonyl (C=O) groups excluding carboxylic acids is 1. The van der Waals surface area contributed by atoms with Crippen molar-refractivity contribution in [3.63, 3.8) is 0 Å². The minimum atomic E-state index is 0. The summed E-state index contributed by atoms with van der Waals surface area (Å²) in [5.41, 5.74) is 7.89. The van der Waals surface area contributed by atoms with E-state index >= 15 is 0 Å². The van der Waals surface area contributed by atoms with E-state index in [9.17, 15) is 4.79 Å². The van der Waals surface area contributed by atoms with Gasteiger partial charge >= 0.3 is 0 Å². The second kappa shape index (κ2) is 10.3. The smallest absolute Gasteiger partial charge is 0.222 e. The molecule has 0 atom stereocenters. The van der Waals surface area contributed by atoms with Crippen molar-refractivity contribution in [3.8, 4) is 11.5 Å². The number of rotatable bonds is 6. The van der Waals surface area contributed by atoms with Crippen LogP contribution in [0.25, 0.3) is 0 Å². The maximum atomic E-state index is 12.4. The van der Waals surface area contributed by atoms with E-state index in [0.29, 0.717) is 31.2 Å². The van der Waals surface area contributed by atoms with Gasteiger partial charge in [0.15, 0.2) is 17.5 Å². The molecule has 0 saturated heterocycles. The molecule has 0 spiro atoms. The zero-order chi connectivity index (χ0) is 17.5. The van der Waals surface area contributed by atoms with E-state index in [2.05, 4.69) is 10.3 Å². The van der Waals surface area contributed by atoms with E-state index in [4.69, 9.17) is 15.2 Å². The van der Waals surface area contributed by atoms with E-state index in [0.717, 1.165) is 30.7 Å². The Morgan fingerprint density at radius 2 is 1.92 bits per heavy atom. The van der Waals surface area contributed by atoms with Gasteiger partial charge in [0, 0.05) is 33.1 Å². The van der Waals surface area contributed by atoms with E-state index < -0.39 is 0 Å². The molecular weight excluding hydrogens is 435 g/mol. The minimum Gasteiger partial charge on any atom is -0.493 e. The van der Waals surface area contributed by atoms with Crippen LogP contribution >= 0.6 is 24.0 Å². The van der Waals surface area contributed by atoms with Crippen molar-refractivity contribution < 1.29 is 14.3 Å². The fourth-order valence-electron chi connectivity index (χ4n) is 2.79. The fraction of sp³-hybridized carbons (Fsp3) is 0.529. The molecule has 1 aromatic carbocycles. The first-order chi connectivity index (χ1) is 11.6. The Bertz CT molecular complexity index is 622. The summed E-state index contributed by atoms with van der Waals surface area (Å²) in [7, 11) is 4.88. The van der Waals surface area contributed by atoms with Crippen LogP contribution in [0.2, 0.25) is 0 Å². The lowest BCUT2D eigenvalue weighted by Crippen LogP contribution is -2.37. The molecule has 0 bridgehead atoms. The van der Waals surface area contributed by atoms with Gasteiger partial charge in [-0.25, -0.2) is 0 Å². The molecule has 0 aromatic heterocycles. The monoisotopic (exact) mass is 462 g/mol. The van der Waals surface area contributed by atoms with E-state index in [1.807, 2.05) is 17.0 Å². The Morgan fingerprint density at radius 1 is 1.28 bits per heavy atom. The fourth-order valence-corrected chi connectivity index (χ4v) is 2.79. The number of halogens is 1. The van der Waals surface area contributed by atoms with Gasteiger partial charge in [0.05, 0.1) is 14.2 Å². The molecule has 2 rings (SSSR count). The lowest BCUT2D eigenvalue weighted by atomic mass is 9.98. The number of hydrogen-bond acceptors (Lipinski definition) is 4. The van der Waals surface area contributed by atoms with Crippen LogP contribution in [0.1, 0.15) is 24.0 Å². The van der Waals surface area contributed by atoms with Crippen LogP contribution < -0.4 is 20.5 Å². The van der Waals surface area contributed by atoms with Gasteiger partial charge in [0.1, 0.15) is 0 Å². The molecule has 1 aliphatic heterocycles. The number of guanidine groups is 1. The summed E-state index contributed by atoms with van der Waals surface area (Å²) in [6.07, 6.45) is 2.05. The van der Waals surface area contributed by atoms with Crippen molar-refractivity contribution in [2.24, 2.45) is 10.7 Å². The predicted octanol–water partition coefficient (Wildman–Crippen LogP) is 1.52. The van der Waals surface area contributed by atoms with Crippen molar-refractivity contribution in [2.45, 2.75) is 25.8 Å². The Balaban J connectivity index is 0.00000312. The molecule has 1 heterocycles. The molecule has 0 unspecified atom stereocenters. The van der Waals surface area contributed by atoms with Crippen LogP contribution in [0.5, 0.6) is 11.5 Å². The molecule has 0 aliphatic carbocycles. The van der Waals surface area contributed by atoms with Gasteiger partial charge in [-0.05, 0) is 36.1 Å². The summed E-state index contributed by atoms with van der Waals surface area (Å²) in [6.45, 7) is 1.98. The summed E-state index contributed by atoms with van der Waals surface area (Å²) in [6, 6.07) is 3.97. The van der Waals surface area contributed by atoms with Crippen LogP contribution in [0, 0.1) is 0 Å². The third-order valence-corrected chi connectivity index (χ3v) is 4.19.